The fourth-order valence-corrected chi connectivity index (χ4v) is 3.57. The van der Waals surface area contributed by atoms with Gasteiger partial charge in [0.25, 0.3) is 17.7 Å². The number of ether oxygens (including phenoxy) is 1. The van der Waals surface area contributed by atoms with Crippen molar-refractivity contribution in [2.24, 2.45) is 0 Å². The third-order valence-corrected chi connectivity index (χ3v) is 4.96. The molecule has 3 amide bonds. The van der Waals surface area contributed by atoms with Crippen molar-refractivity contribution in [2.75, 3.05) is 19.7 Å². The van der Waals surface area contributed by atoms with Crippen LogP contribution in [0.3, 0.4) is 0 Å². The third kappa shape index (κ3) is 3.06. The Morgan fingerprint density at radius 3 is 2.43 bits per heavy atom. The maximum atomic E-state index is 12.4. The van der Waals surface area contributed by atoms with Crippen molar-refractivity contribution in [2.45, 2.75) is 18.9 Å². The molecule has 0 bridgehead atoms. The molecule has 1 aromatic carbocycles. The van der Waals surface area contributed by atoms with Crippen molar-refractivity contribution in [3.8, 4) is 0 Å². The van der Waals surface area contributed by atoms with E-state index >= 15 is 0 Å². The lowest BCUT2D eigenvalue weighted by Crippen LogP contribution is -2.42. The lowest BCUT2D eigenvalue weighted by Gasteiger charge is -2.22. The van der Waals surface area contributed by atoms with Crippen LogP contribution in [0.25, 0.3) is 0 Å². The summed E-state index contributed by atoms with van der Waals surface area (Å²) < 4.78 is 10.4. The Morgan fingerprint density at radius 2 is 1.79 bits per heavy atom. The number of esters is 1. The van der Waals surface area contributed by atoms with Crippen LogP contribution in [0, 0.1) is 0 Å². The molecule has 0 saturated carbocycles. The summed E-state index contributed by atoms with van der Waals surface area (Å²) >= 11 is 0. The molecule has 1 saturated heterocycles. The average Bonchev–Trinajstić information content (AvgIpc) is 3.45. The highest BCUT2D eigenvalue weighted by atomic mass is 16.5. The van der Waals surface area contributed by atoms with Crippen LogP contribution >= 0.6 is 0 Å². The zero-order valence-electron chi connectivity index (χ0n) is 15.0. The molecule has 0 aliphatic carbocycles. The number of carbonyl (C=O) groups is 4. The zero-order chi connectivity index (χ0) is 19.7. The summed E-state index contributed by atoms with van der Waals surface area (Å²) in [5.41, 5.74) is 0.703. The number of amides is 3. The molecular formula is C20H18N2O6. The summed E-state index contributed by atoms with van der Waals surface area (Å²) in [6.45, 7) is 0.290. The van der Waals surface area contributed by atoms with Crippen LogP contribution < -0.4 is 0 Å². The molecular weight excluding hydrogens is 364 g/mol. The van der Waals surface area contributed by atoms with Gasteiger partial charge in [-0.15, -0.1) is 0 Å². The van der Waals surface area contributed by atoms with E-state index in [1.54, 1.807) is 36.4 Å². The molecule has 4 rings (SSSR count). The SMILES string of the molecule is O=C(OCCN1C(=O)c2ccccc2C1=O)C1CCCN1C(=O)c1ccco1. The van der Waals surface area contributed by atoms with Crippen molar-refractivity contribution >= 4 is 23.7 Å². The monoisotopic (exact) mass is 382 g/mol. The fourth-order valence-electron chi connectivity index (χ4n) is 3.57. The average molecular weight is 382 g/mol. The Morgan fingerprint density at radius 1 is 1.07 bits per heavy atom. The van der Waals surface area contributed by atoms with Gasteiger partial charge in [-0.25, -0.2) is 4.79 Å². The Bertz CT molecular complexity index is 901. The molecule has 8 nitrogen and oxygen atoms in total. The smallest absolute Gasteiger partial charge is 0.328 e. The molecule has 1 unspecified atom stereocenters. The van der Waals surface area contributed by atoms with Crippen LogP contribution in [-0.2, 0) is 9.53 Å². The summed E-state index contributed by atoms with van der Waals surface area (Å²) in [6, 6.07) is 9.04. The number of likely N-dealkylation sites (tertiary alicyclic amines) is 1. The number of fused-ring (bicyclic) bond motifs is 1. The lowest BCUT2D eigenvalue weighted by atomic mass is 10.1. The van der Waals surface area contributed by atoms with Crippen molar-refractivity contribution in [1.29, 1.82) is 0 Å². The van der Waals surface area contributed by atoms with Gasteiger partial charge in [0.2, 0.25) is 0 Å². The van der Waals surface area contributed by atoms with Gasteiger partial charge in [0, 0.05) is 6.54 Å². The van der Waals surface area contributed by atoms with Crippen molar-refractivity contribution in [3.63, 3.8) is 0 Å². The summed E-state index contributed by atoms with van der Waals surface area (Å²) in [4.78, 5) is 52.0. The first-order valence-corrected chi connectivity index (χ1v) is 9.04. The highest BCUT2D eigenvalue weighted by Crippen LogP contribution is 2.23. The molecule has 144 valence electrons. The summed E-state index contributed by atoms with van der Waals surface area (Å²) in [5.74, 6) is -1.52. The van der Waals surface area contributed by atoms with Gasteiger partial charge >= 0.3 is 5.97 Å². The number of carbonyl (C=O) groups excluding carboxylic acids is 4. The van der Waals surface area contributed by atoms with Crippen molar-refractivity contribution < 1.29 is 28.3 Å². The van der Waals surface area contributed by atoms with Gasteiger partial charge in [-0.05, 0) is 37.1 Å². The topological polar surface area (TPSA) is 97.1 Å². The van der Waals surface area contributed by atoms with E-state index in [9.17, 15) is 19.2 Å². The number of imide groups is 1. The van der Waals surface area contributed by atoms with Crippen LogP contribution in [0.2, 0.25) is 0 Å². The van der Waals surface area contributed by atoms with Crippen LogP contribution in [0.5, 0.6) is 0 Å². The van der Waals surface area contributed by atoms with Crippen LogP contribution in [0.1, 0.15) is 44.1 Å². The first-order valence-electron chi connectivity index (χ1n) is 9.04. The van der Waals surface area contributed by atoms with Crippen molar-refractivity contribution in [3.05, 3.63) is 59.5 Å². The summed E-state index contributed by atoms with van der Waals surface area (Å²) in [5, 5.41) is 0. The molecule has 28 heavy (non-hydrogen) atoms. The minimum Gasteiger partial charge on any atom is -0.462 e. The molecule has 0 N–H and O–H groups in total. The van der Waals surface area contributed by atoms with E-state index in [-0.39, 0.29) is 24.8 Å². The number of rotatable bonds is 5. The van der Waals surface area contributed by atoms with Crippen molar-refractivity contribution in [1.82, 2.24) is 9.80 Å². The second-order valence-corrected chi connectivity index (χ2v) is 6.61. The molecule has 0 radical (unpaired) electrons. The van der Waals surface area contributed by atoms with Gasteiger partial charge in [0.1, 0.15) is 12.6 Å². The summed E-state index contributed by atoms with van der Waals surface area (Å²) in [6.07, 6.45) is 2.58. The van der Waals surface area contributed by atoms with Gasteiger partial charge in [-0.3, -0.25) is 19.3 Å². The number of benzene rings is 1. The molecule has 2 aliphatic rings. The highest BCUT2D eigenvalue weighted by molar-refractivity contribution is 6.21. The van der Waals surface area contributed by atoms with Crippen LogP contribution in [-0.4, -0.2) is 59.2 Å². The van der Waals surface area contributed by atoms with Gasteiger partial charge in [0.15, 0.2) is 5.76 Å². The van der Waals surface area contributed by atoms with E-state index in [1.807, 2.05) is 0 Å². The van der Waals surface area contributed by atoms with E-state index in [0.29, 0.717) is 30.5 Å². The number of hydrogen-bond donors (Lipinski definition) is 0. The number of furan rings is 1. The minimum atomic E-state index is -0.695. The second kappa shape index (κ2) is 7.30. The Hall–Kier alpha value is -3.42. The van der Waals surface area contributed by atoms with Crippen LogP contribution in [0.4, 0.5) is 0 Å². The predicted molar refractivity (Wildman–Crippen MR) is 95.5 cm³/mol. The zero-order valence-corrected chi connectivity index (χ0v) is 15.0. The standard InChI is InChI=1S/C20H18N2O6/c23-17-13-5-1-2-6-14(13)18(24)22(17)10-12-28-20(26)15-7-3-9-21(15)19(25)16-8-4-11-27-16/h1-2,4-6,8,11,15H,3,7,9-10,12H2. The number of nitrogens with zero attached hydrogens (tertiary/aromatic N) is 2. The lowest BCUT2D eigenvalue weighted by molar-refractivity contribution is -0.148. The van der Waals surface area contributed by atoms with Gasteiger partial charge < -0.3 is 14.1 Å². The molecule has 1 atom stereocenters. The first-order chi connectivity index (χ1) is 13.6. The highest BCUT2D eigenvalue weighted by Gasteiger charge is 2.38. The molecule has 2 aliphatic heterocycles. The molecule has 3 heterocycles. The number of hydrogen-bond acceptors (Lipinski definition) is 6. The van der Waals surface area contributed by atoms with Crippen LogP contribution in [0.15, 0.2) is 47.1 Å². The maximum Gasteiger partial charge on any atom is 0.328 e. The Labute approximate surface area is 160 Å². The van der Waals surface area contributed by atoms with Gasteiger partial charge in [-0.1, -0.05) is 12.1 Å². The summed E-state index contributed by atoms with van der Waals surface area (Å²) in [7, 11) is 0. The van der Waals surface area contributed by atoms with E-state index in [0.717, 1.165) is 4.90 Å². The van der Waals surface area contributed by atoms with E-state index < -0.39 is 23.8 Å². The molecule has 2 aromatic rings. The predicted octanol–water partition coefficient (Wildman–Crippen LogP) is 1.72. The second-order valence-electron chi connectivity index (χ2n) is 6.61. The van der Waals surface area contributed by atoms with E-state index in [2.05, 4.69) is 0 Å². The first kappa shape index (κ1) is 18.0. The molecule has 1 fully saturated rings. The third-order valence-electron chi connectivity index (χ3n) is 4.96. The minimum absolute atomic E-state index is 0.0308. The molecule has 0 spiro atoms. The Kier molecular flexibility index (Phi) is 4.68. The van der Waals surface area contributed by atoms with E-state index in [1.165, 1.54) is 11.2 Å². The van der Waals surface area contributed by atoms with Gasteiger partial charge in [0.05, 0.1) is 23.9 Å². The van der Waals surface area contributed by atoms with Gasteiger partial charge in [-0.2, -0.15) is 0 Å². The normalized spacial score (nSPS) is 18.5. The largest absolute Gasteiger partial charge is 0.462 e. The van der Waals surface area contributed by atoms with E-state index in [4.69, 9.17) is 9.15 Å². The molecule has 1 aromatic heterocycles. The molecule has 8 heteroatoms. The Balaban J connectivity index is 1.34. The maximum absolute atomic E-state index is 12.4. The quantitative estimate of drug-likeness (QED) is 0.577. The fraction of sp³-hybridized carbons (Fsp3) is 0.300.